The van der Waals surface area contributed by atoms with E-state index < -0.39 is 0 Å². The van der Waals surface area contributed by atoms with Gasteiger partial charge in [-0.05, 0) is 24.2 Å². The Hall–Kier alpha value is -0.610. The summed E-state index contributed by atoms with van der Waals surface area (Å²) in [6.45, 7) is 10.7. The summed E-state index contributed by atoms with van der Waals surface area (Å²) in [6, 6.07) is -0.120. The van der Waals surface area contributed by atoms with Crippen molar-refractivity contribution in [2.45, 2.75) is 39.7 Å². The van der Waals surface area contributed by atoms with Gasteiger partial charge in [0, 0.05) is 19.6 Å². The van der Waals surface area contributed by atoms with Gasteiger partial charge in [-0.15, -0.1) is 0 Å². The number of ether oxygens (including phenoxy) is 1. The zero-order valence-corrected chi connectivity index (χ0v) is 11.9. The predicted octanol–water partition coefficient (Wildman–Crippen LogP) is 1.26. The Labute approximate surface area is 110 Å². The molecule has 2 heterocycles. The number of nitrogens with zero attached hydrogens (tertiary/aromatic N) is 1. The number of hydrogen-bond acceptors (Lipinski definition) is 3. The zero-order chi connectivity index (χ0) is 13.2. The largest absolute Gasteiger partial charge is 0.378 e. The van der Waals surface area contributed by atoms with Gasteiger partial charge in [-0.1, -0.05) is 20.8 Å². The van der Waals surface area contributed by atoms with E-state index in [9.17, 15) is 4.79 Å². The molecule has 2 rings (SSSR count). The van der Waals surface area contributed by atoms with E-state index in [4.69, 9.17) is 4.74 Å². The van der Waals surface area contributed by atoms with Crippen molar-refractivity contribution in [2.24, 2.45) is 11.3 Å². The number of likely N-dealkylation sites (tertiary alicyclic amines) is 1. The lowest BCUT2D eigenvalue weighted by Crippen LogP contribution is -2.54. The average Bonchev–Trinajstić information content (AvgIpc) is 2.38. The SMILES string of the molecule is CC(C)(C)C1CCN(C(=O)C2COCCN2)CC1. The lowest BCUT2D eigenvalue weighted by Gasteiger charge is -2.40. The van der Waals surface area contributed by atoms with Crippen LogP contribution in [0.2, 0.25) is 0 Å². The van der Waals surface area contributed by atoms with Crippen molar-refractivity contribution in [1.29, 1.82) is 0 Å². The number of hydrogen-bond donors (Lipinski definition) is 1. The van der Waals surface area contributed by atoms with Crippen LogP contribution in [0, 0.1) is 11.3 Å². The molecular weight excluding hydrogens is 228 g/mol. The van der Waals surface area contributed by atoms with Crippen molar-refractivity contribution in [3.8, 4) is 0 Å². The van der Waals surface area contributed by atoms with E-state index in [1.165, 1.54) is 0 Å². The molecule has 1 unspecified atom stereocenters. The molecule has 4 heteroatoms. The highest BCUT2D eigenvalue weighted by Gasteiger charge is 2.33. The second kappa shape index (κ2) is 5.57. The fraction of sp³-hybridized carbons (Fsp3) is 0.929. The van der Waals surface area contributed by atoms with Gasteiger partial charge in [-0.3, -0.25) is 4.79 Å². The van der Waals surface area contributed by atoms with Crippen LogP contribution >= 0.6 is 0 Å². The molecule has 4 nitrogen and oxygen atoms in total. The number of piperidine rings is 1. The number of rotatable bonds is 1. The van der Waals surface area contributed by atoms with E-state index in [-0.39, 0.29) is 11.9 Å². The van der Waals surface area contributed by atoms with E-state index in [2.05, 4.69) is 26.1 Å². The molecule has 2 saturated heterocycles. The number of carbonyl (C=O) groups excluding carboxylic acids is 1. The first-order valence-corrected chi connectivity index (χ1v) is 7.08. The van der Waals surface area contributed by atoms with Gasteiger partial charge in [-0.2, -0.15) is 0 Å². The maximum absolute atomic E-state index is 12.3. The zero-order valence-electron chi connectivity index (χ0n) is 11.9. The Bertz CT molecular complexity index is 285. The summed E-state index contributed by atoms with van der Waals surface area (Å²) < 4.78 is 5.36. The van der Waals surface area contributed by atoms with Crippen molar-refractivity contribution in [1.82, 2.24) is 10.2 Å². The molecule has 2 aliphatic heterocycles. The minimum absolute atomic E-state index is 0.120. The Kier molecular flexibility index (Phi) is 4.28. The summed E-state index contributed by atoms with van der Waals surface area (Å²) in [5, 5.41) is 3.24. The smallest absolute Gasteiger partial charge is 0.242 e. The summed E-state index contributed by atoms with van der Waals surface area (Å²) in [7, 11) is 0. The summed E-state index contributed by atoms with van der Waals surface area (Å²) in [5.74, 6) is 0.958. The van der Waals surface area contributed by atoms with Crippen LogP contribution < -0.4 is 5.32 Å². The number of morpholine rings is 1. The van der Waals surface area contributed by atoms with E-state index in [0.717, 1.165) is 45.0 Å². The summed E-state index contributed by atoms with van der Waals surface area (Å²) in [6.07, 6.45) is 2.26. The Morgan fingerprint density at radius 2 is 1.94 bits per heavy atom. The van der Waals surface area contributed by atoms with E-state index in [1.54, 1.807) is 0 Å². The van der Waals surface area contributed by atoms with Crippen molar-refractivity contribution in [2.75, 3.05) is 32.8 Å². The maximum atomic E-state index is 12.3. The van der Waals surface area contributed by atoms with E-state index >= 15 is 0 Å². The Morgan fingerprint density at radius 1 is 1.28 bits per heavy atom. The monoisotopic (exact) mass is 254 g/mol. The fourth-order valence-corrected chi connectivity index (χ4v) is 2.91. The molecule has 0 bridgehead atoms. The van der Waals surface area contributed by atoms with Gasteiger partial charge in [0.05, 0.1) is 13.2 Å². The maximum Gasteiger partial charge on any atom is 0.242 e. The molecule has 0 aromatic carbocycles. The molecule has 0 aliphatic carbocycles. The third-order valence-corrected chi connectivity index (χ3v) is 4.25. The highest BCUT2D eigenvalue weighted by Crippen LogP contribution is 2.34. The van der Waals surface area contributed by atoms with Crippen LogP contribution in [0.4, 0.5) is 0 Å². The highest BCUT2D eigenvalue weighted by atomic mass is 16.5. The quantitative estimate of drug-likeness (QED) is 0.766. The molecule has 104 valence electrons. The molecule has 0 aromatic rings. The lowest BCUT2D eigenvalue weighted by atomic mass is 9.75. The van der Waals surface area contributed by atoms with Gasteiger partial charge in [-0.25, -0.2) is 0 Å². The molecule has 0 spiro atoms. The van der Waals surface area contributed by atoms with Gasteiger partial charge in [0.1, 0.15) is 6.04 Å². The van der Waals surface area contributed by atoms with Gasteiger partial charge in [0.15, 0.2) is 0 Å². The van der Waals surface area contributed by atoms with Crippen LogP contribution in [0.3, 0.4) is 0 Å². The fourth-order valence-electron chi connectivity index (χ4n) is 2.91. The first-order chi connectivity index (χ1) is 8.48. The second-order valence-corrected chi connectivity index (χ2v) is 6.55. The average molecular weight is 254 g/mol. The van der Waals surface area contributed by atoms with E-state index in [1.807, 2.05) is 4.90 Å². The van der Waals surface area contributed by atoms with Gasteiger partial charge in [0.25, 0.3) is 0 Å². The van der Waals surface area contributed by atoms with Crippen LogP contribution in [0.25, 0.3) is 0 Å². The standard InChI is InChI=1S/C14H26N2O2/c1-14(2,3)11-4-7-16(8-5-11)13(17)12-10-18-9-6-15-12/h11-12,15H,4-10H2,1-3H3. The van der Waals surface area contributed by atoms with Gasteiger partial charge < -0.3 is 15.0 Å². The third kappa shape index (κ3) is 3.23. The Morgan fingerprint density at radius 3 is 2.44 bits per heavy atom. The lowest BCUT2D eigenvalue weighted by molar-refractivity contribution is -0.138. The molecule has 1 N–H and O–H groups in total. The van der Waals surface area contributed by atoms with Crippen molar-refractivity contribution in [3.05, 3.63) is 0 Å². The van der Waals surface area contributed by atoms with Gasteiger partial charge >= 0.3 is 0 Å². The first kappa shape index (κ1) is 13.8. The van der Waals surface area contributed by atoms with Crippen molar-refractivity contribution in [3.63, 3.8) is 0 Å². The van der Waals surface area contributed by atoms with Crippen LogP contribution in [-0.4, -0.2) is 49.7 Å². The first-order valence-electron chi connectivity index (χ1n) is 7.08. The summed E-state index contributed by atoms with van der Waals surface area (Å²) in [5.41, 5.74) is 0.362. The van der Waals surface area contributed by atoms with Crippen LogP contribution in [-0.2, 0) is 9.53 Å². The molecule has 1 amide bonds. The van der Waals surface area contributed by atoms with Crippen molar-refractivity contribution >= 4 is 5.91 Å². The van der Waals surface area contributed by atoms with Crippen LogP contribution in [0.1, 0.15) is 33.6 Å². The van der Waals surface area contributed by atoms with Crippen LogP contribution in [0.5, 0.6) is 0 Å². The molecule has 1 atom stereocenters. The number of amides is 1. The highest BCUT2D eigenvalue weighted by molar-refractivity contribution is 5.82. The third-order valence-electron chi connectivity index (χ3n) is 4.25. The predicted molar refractivity (Wildman–Crippen MR) is 71.4 cm³/mol. The molecule has 0 radical (unpaired) electrons. The molecule has 18 heavy (non-hydrogen) atoms. The number of carbonyl (C=O) groups is 1. The second-order valence-electron chi connectivity index (χ2n) is 6.55. The normalized spacial score (nSPS) is 27.3. The molecule has 2 fully saturated rings. The van der Waals surface area contributed by atoms with Crippen LogP contribution in [0.15, 0.2) is 0 Å². The van der Waals surface area contributed by atoms with Gasteiger partial charge in [0.2, 0.25) is 5.91 Å². The minimum Gasteiger partial charge on any atom is -0.378 e. The molecule has 0 aromatic heterocycles. The summed E-state index contributed by atoms with van der Waals surface area (Å²) in [4.78, 5) is 14.3. The molecule has 2 aliphatic rings. The molecule has 0 saturated carbocycles. The van der Waals surface area contributed by atoms with E-state index in [0.29, 0.717) is 12.0 Å². The topological polar surface area (TPSA) is 41.6 Å². The summed E-state index contributed by atoms with van der Waals surface area (Å²) >= 11 is 0. The number of nitrogens with one attached hydrogen (secondary N) is 1. The van der Waals surface area contributed by atoms with Crippen molar-refractivity contribution < 1.29 is 9.53 Å². The molecular formula is C14H26N2O2. The minimum atomic E-state index is -0.120. The Balaban J connectivity index is 1.83.